The zero-order valence-electron chi connectivity index (χ0n) is 9.49. The lowest BCUT2D eigenvalue weighted by atomic mass is 10.1. The number of aromatic nitrogens is 2. The van der Waals surface area contributed by atoms with E-state index < -0.39 is 0 Å². The fourth-order valence-electron chi connectivity index (χ4n) is 1.86. The van der Waals surface area contributed by atoms with Crippen LogP contribution >= 0.6 is 0 Å². The summed E-state index contributed by atoms with van der Waals surface area (Å²) in [5, 5.41) is 7.06. The molecule has 0 aliphatic rings. The number of nitrogens with two attached hydrogens (primary N) is 1. The molecular weight excluding hydrogens is 202 g/mol. The van der Waals surface area contributed by atoms with Gasteiger partial charge < -0.3 is 10.2 Å². The van der Waals surface area contributed by atoms with Crippen LogP contribution in [-0.2, 0) is 19.3 Å². The first kappa shape index (κ1) is 10.8. The lowest BCUT2D eigenvalue weighted by molar-refractivity contribution is 0.507. The number of nitrogens with one attached hydrogen (secondary N) is 1. The van der Waals surface area contributed by atoms with Gasteiger partial charge in [-0.1, -0.05) is 13.3 Å². The Morgan fingerprint density at radius 1 is 1.38 bits per heavy atom. The number of aryl methyl sites for hydroxylation is 2. The molecule has 0 unspecified atom stereocenters. The summed E-state index contributed by atoms with van der Waals surface area (Å²) in [4.78, 5) is 0. The number of rotatable bonds is 5. The molecule has 2 aromatic heterocycles. The van der Waals surface area contributed by atoms with Gasteiger partial charge in [0.1, 0.15) is 11.6 Å². The average molecular weight is 219 g/mol. The first-order chi connectivity index (χ1) is 7.81. The normalized spacial score (nSPS) is 10.8. The summed E-state index contributed by atoms with van der Waals surface area (Å²) in [6, 6.07) is 3.89. The van der Waals surface area contributed by atoms with Crippen LogP contribution in [0.1, 0.15) is 30.4 Å². The van der Waals surface area contributed by atoms with Crippen LogP contribution in [0.2, 0.25) is 0 Å². The highest BCUT2D eigenvalue weighted by molar-refractivity contribution is 5.42. The number of hydrogen-bond donors (Lipinski definition) is 2. The predicted octanol–water partition coefficient (Wildman–Crippen LogP) is 2.32. The zero-order valence-corrected chi connectivity index (χ0v) is 9.49. The van der Waals surface area contributed by atoms with Gasteiger partial charge in [-0.15, -0.1) is 0 Å². The van der Waals surface area contributed by atoms with Crippen LogP contribution in [-0.4, -0.2) is 10.2 Å². The molecule has 0 spiro atoms. The molecule has 4 nitrogen and oxygen atoms in total. The summed E-state index contributed by atoms with van der Waals surface area (Å²) >= 11 is 0. The average Bonchev–Trinajstić information content (AvgIpc) is 2.89. The molecule has 0 radical (unpaired) electrons. The van der Waals surface area contributed by atoms with E-state index >= 15 is 0 Å². The Hall–Kier alpha value is -1.71. The molecule has 0 amide bonds. The van der Waals surface area contributed by atoms with E-state index in [4.69, 9.17) is 10.2 Å². The number of furan rings is 1. The monoisotopic (exact) mass is 219 g/mol. The second kappa shape index (κ2) is 4.88. The number of H-pyrrole nitrogens is 1. The molecule has 16 heavy (non-hydrogen) atoms. The summed E-state index contributed by atoms with van der Waals surface area (Å²) < 4.78 is 5.30. The maximum absolute atomic E-state index is 5.81. The van der Waals surface area contributed by atoms with Crippen molar-refractivity contribution < 1.29 is 4.42 Å². The second-order valence-corrected chi connectivity index (χ2v) is 3.90. The molecule has 3 N–H and O–H groups in total. The van der Waals surface area contributed by atoms with Crippen molar-refractivity contribution >= 4 is 5.82 Å². The van der Waals surface area contributed by atoms with Crippen molar-refractivity contribution in [3.63, 3.8) is 0 Å². The van der Waals surface area contributed by atoms with E-state index in [-0.39, 0.29) is 0 Å². The summed E-state index contributed by atoms with van der Waals surface area (Å²) in [6.45, 7) is 2.14. The van der Waals surface area contributed by atoms with Crippen LogP contribution < -0.4 is 5.73 Å². The topological polar surface area (TPSA) is 67.8 Å². The van der Waals surface area contributed by atoms with Crippen molar-refractivity contribution in [2.75, 3.05) is 5.73 Å². The highest BCUT2D eigenvalue weighted by Gasteiger charge is 2.10. The first-order valence-electron chi connectivity index (χ1n) is 5.65. The van der Waals surface area contributed by atoms with E-state index in [1.54, 1.807) is 6.26 Å². The predicted molar refractivity (Wildman–Crippen MR) is 63.1 cm³/mol. The Kier molecular flexibility index (Phi) is 3.29. The van der Waals surface area contributed by atoms with Crippen LogP contribution in [0.15, 0.2) is 22.8 Å². The SMILES string of the molecule is CCCc1c(N)n[nH]c1CCc1ccco1. The maximum Gasteiger partial charge on any atom is 0.148 e. The Labute approximate surface area is 94.8 Å². The van der Waals surface area contributed by atoms with Crippen LogP contribution in [0.3, 0.4) is 0 Å². The lowest BCUT2D eigenvalue weighted by Gasteiger charge is -2.01. The highest BCUT2D eigenvalue weighted by atomic mass is 16.3. The van der Waals surface area contributed by atoms with Gasteiger partial charge >= 0.3 is 0 Å². The molecule has 0 aliphatic carbocycles. The van der Waals surface area contributed by atoms with E-state index in [1.807, 2.05) is 12.1 Å². The van der Waals surface area contributed by atoms with Gasteiger partial charge in [-0.05, 0) is 25.0 Å². The minimum absolute atomic E-state index is 0.635. The summed E-state index contributed by atoms with van der Waals surface area (Å²) in [7, 11) is 0. The van der Waals surface area contributed by atoms with Crippen molar-refractivity contribution in [3.8, 4) is 0 Å². The standard InChI is InChI=1S/C12H17N3O/c1-2-4-10-11(14-15-12(10)13)7-6-9-5-3-8-16-9/h3,5,8H,2,4,6-7H2,1H3,(H3,13,14,15). The molecule has 0 saturated heterocycles. The molecule has 0 aromatic carbocycles. The number of nitrogen functional groups attached to an aromatic ring is 1. The van der Waals surface area contributed by atoms with Crippen molar-refractivity contribution in [2.24, 2.45) is 0 Å². The molecule has 4 heteroatoms. The molecule has 0 atom stereocenters. The van der Waals surface area contributed by atoms with Crippen molar-refractivity contribution in [1.82, 2.24) is 10.2 Å². The second-order valence-electron chi connectivity index (χ2n) is 3.90. The Balaban J connectivity index is 2.03. The van der Waals surface area contributed by atoms with E-state index in [1.165, 1.54) is 0 Å². The molecule has 2 rings (SSSR count). The van der Waals surface area contributed by atoms with Gasteiger partial charge in [0, 0.05) is 17.7 Å². The van der Waals surface area contributed by atoms with Crippen molar-refractivity contribution in [2.45, 2.75) is 32.6 Å². The molecule has 0 aliphatic heterocycles. The van der Waals surface area contributed by atoms with Gasteiger partial charge in [-0.3, -0.25) is 5.10 Å². The molecule has 0 fully saturated rings. The summed E-state index contributed by atoms with van der Waals surface area (Å²) in [6.07, 6.45) is 5.54. The Bertz CT molecular complexity index is 431. The zero-order chi connectivity index (χ0) is 11.4. The molecule has 86 valence electrons. The lowest BCUT2D eigenvalue weighted by Crippen LogP contribution is -1.97. The number of anilines is 1. The first-order valence-corrected chi connectivity index (χ1v) is 5.65. The molecule has 0 bridgehead atoms. The highest BCUT2D eigenvalue weighted by Crippen LogP contribution is 2.17. The largest absolute Gasteiger partial charge is 0.469 e. The fourth-order valence-corrected chi connectivity index (χ4v) is 1.86. The minimum atomic E-state index is 0.635. The van der Waals surface area contributed by atoms with Gasteiger partial charge in [0.15, 0.2) is 0 Å². The maximum atomic E-state index is 5.81. The van der Waals surface area contributed by atoms with Crippen LogP contribution in [0.5, 0.6) is 0 Å². The van der Waals surface area contributed by atoms with Gasteiger partial charge in [0.05, 0.1) is 6.26 Å². The number of nitrogens with zero attached hydrogens (tertiary/aromatic N) is 1. The van der Waals surface area contributed by atoms with Crippen LogP contribution in [0.25, 0.3) is 0 Å². The third-order valence-corrected chi connectivity index (χ3v) is 2.69. The number of hydrogen-bond acceptors (Lipinski definition) is 3. The Morgan fingerprint density at radius 2 is 2.25 bits per heavy atom. The molecular formula is C12H17N3O. The molecule has 2 aromatic rings. The molecule has 2 heterocycles. The number of aromatic amines is 1. The van der Waals surface area contributed by atoms with Gasteiger partial charge in [0.25, 0.3) is 0 Å². The van der Waals surface area contributed by atoms with Gasteiger partial charge in [0.2, 0.25) is 0 Å². The summed E-state index contributed by atoms with van der Waals surface area (Å²) in [5.74, 6) is 1.63. The van der Waals surface area contributed by atoms with Gasteiger partial charge in [-0.25, -0.2) is 0 Å². The van der Waals surface area contributed by atoms with E-state index in [2.05, 4.69) is 17.1 Å². The third-order valence-electron chi connectivity index (χ3n) is 2.69. The summed E-state index contributed by atoms with van der Waals surface area (Å²) in [5.41, 5.74) is 8.11. The third kappa shape index (κ3) is 2.27. The van der Waals surface area contributed by atoms with Gasteiger partial charge in [-0.2, -0.15) is 5.10 Å². The Morgan fingerprint density at radius 3 is 2.94 bits per heavy atom. The fraction of sp³-hybridized carbons (Fsp3) is 0.417. The van der Waals surface area contributed by atoms with Crippen molar-refractivity contribution in [3.05, 3.63) is 35.4 Å². The van der Waals surface area contributed by atoms with E-state index in [0.29, 0.717) is 5.82 Å². The van der Waals surface area contributed by atoms with Crippen LogP contribution in [0.4, 0.5) is 5.82 Å². The van der Waals surface area contributed by atoms with E-state index in [9.17, 15) is 0 Å². The smallest absolute Gasteiger partial charge is 0.148 e. The minimum Gasteiger partial charge on any atom is -0.469 e. The van der Waals surface area contributed by atoms with Crippen LogP contribution in [0, 0.1) is 0 Å². The molecule has 0 saturated carbocycles. The van der Waals surface area contributed by atoms with E-state index in [0.717, 1.165) is 42.7 Å². The van der Waals surface area contributed by atoms with Crippen molar-refractivity contribution in [1.29, 1.82) is 0 Å². The quantitative estimate of drug-likeness (QED) is 0.810.